The van der Waals surface area contributed by atoms with Gasteiger partial charge in [-0.15, -0.1) is 0 Å². The van der Waals surface area contributed by atoms with Crippen LogP contribution in [-0.4, -0.2) is 37.0 Å². The van der Waals surface area contributed by atoms with E-state index in [1.165, 1.54) is 0 Å². The van der Waals surface area contributed by atoms with Crippen LogP contribution in [-0.2, 0) is 10.0 Å². The number of aliphatic hydroxyl groups is 1. The first-order valence-electron chi connectivity index (χ1n) is 6.81. The Morgan fingerprint density at radius 3 is 2.65 bits per heavy atom. The second-order valence-electron chi connectivity index (χ2n) is 4.80. The quantitative estimate of drug-likeness (QED) is 0.861. The monoisotopic (exact) mass is 293 g/mol. The fraction of sp³-hybridized carbons (Fsp3) is 0.467. The van der Waals surface area contributed by atoms with Crippen LogP contribution in [0.4, 0.5) is 0 Å². The number of hydrogen-bond acceptors (Lipinski definition) is 3. The number of rotatable bonds is 3. The minimum Gasteiger partial charge on any atom is -0.384 e. The smallest absolute Gasteiger partial charge is 0.243 e. The summed E-state index contributed by atoms with van der Waals surface area (Å²) >= 11 is 0. The Morgan fingerprint density at radius 1 is 1.35 bits per heavy atom. The largest absolute Gasteiger partial charge is 0.384 e. The third-order valence-corrected chi connectivity index (χ3v) is 5.53. The van der Waals surface area contributed by atoms with E-state index in [4.69, 9.17) is 5.11 Å². The van der Waals surface area contributed by atoms with Crippen LogP contribution >= 0.6 is 0 Å². The van der Waals surface area contributed by atoms with Crippen LogP contribution in [0.2, 0.25) is 0 Å². The van der Waals surface area contributed by atoms with Crippen molar-refractivity contribution in [3.8, 4) is 11.8 Å². The highest BCUT2D eigenvalue weighted by atomic mass is 32.2. The van der Waals surface area contributed by atoms with Gasteiger partial charge in [0.2, 0.25) is 10.0 Å². The van der Waals surface area contributed by atoms with Crippen LogP contribution in [0.15, 0.2) is 29.2 Å². The molecule has 1 atom stereocenters. The molecule has 1 fully saturated rings. The summed E-state index contributed by atoms with van der Waals surface area (Å²) < 4.78 is 26.8. The van der Waals surface area contributed by atoms with Gasteiger partial charge in [-0.2, -0.15) is 4.31 Å². The molecule has 0 bridgehead atoms. The molecule has 5 heteroatoms. The van der Waals surface area contributed by atoms with E-state index in [1.54, 1.807) is 28.6 Å². The summed E-state index contributed by atoms with van der Waals surface area (Å²) in [5.74, 6) is 5.29. The molecular weight excluding hydrogens is 274 g/mol. The number of sulfonamides is 1. The van der Waals surface area contributed by atoms with Gasteiger partial charge in [0.25, 0.3) is 0 Å². The van der Waals surface area contributed by atoms with Crippen LogP contribution in [0, 0.1) is 11.8 Å². The Balaban J connectivity index is 2.26. The molecule has 20 heavy (non-hydrogen) atoms. The summed E-state index contributed by atoms with van der Waals surface area (Å²) in [7, 11) is -3.40. The molecule has 1 aliphatic heterocycles. The zero-order valence-corrected chi connectivity index (χ0v) is 12.4. The average molecular weight is 293 g/mol. The van der Waals surface area contributed by atoms with Gasteiger partial charge in [0, 0.05) is 18.2 Å². The summed E-state index contributed by atoms with van der Waals surface area (Å²) in [6.07, 6.45) is 2.72. The second-order valence-corrected chi connectivity index (χ2v) is 6.69. The highest BCUT2D eigenvalue weighted by molar-refractivity contribution is 7.89. The van der Waals surface area contributed by atoms with Crippen molar-refractivity contribution < 1.29 is 13.5 Å². The van der Waals surface area contributed by atoms with Gasteiger partial charge in [0.15, 0.2) is 0 Å². The molecule has 0 saturated carbocycles. The molecule has 1 aliphatic rings. The van der Waals surface area contributed by atoms with E-state index in [0.717, 1.165) is 19.3 Å². The highest BCUT2D eigenvalue weighted by Gasteiger charge is 2.33. The van der Waals surface area contributed by atoms with E-state index >= 15 is 0 Å². The van der Waals surface area contributed by atoms with Gasteiger partial charge in [-0.25, -0.2) is 8.42 Å². The molecule has 0 aliphatic carbocycles. The van der Waals surface area contributed by atoms with E-state index in [-0.39, 0.29) is 12.6 Å². The third kappa shape index (κ3) is 3.04. The van der Waals surface area contributed by atoms with Crippen molar-refractivity contribution in [3.05, 3.63) is 29.8 Å². The number of hydrogen-bond donors (Lipinski definition) is 1. The van der Waals surface area contributed by atoms with Crippen molar-refractivity contribution in [2.75, 3.05) is 13.2 Å². The molecule has 1 unspecified atom stereocenters. The van der Waals surface area contributed by atoms with Crippen molar-refractivity contribution in [1.29, 1.82) is 0 Å². The summed E-state index contributed by atoms with van der Waals surface area (Å²) in [5, 5.41) is 8.64. The molecule has 1 aromatic carbocycles. The number of aliphatic hydroxyl groups excluding tert-OH is 1. The second kappa shape index (κ2) is 6.40. The lowest BCUT2D eigenvalue weighted by Gasteiger charge is -2.22. The first-order valence-corrected chi connectivity index (χ1v) is 8.25. The Labute approximate surface area is 120 Å². The van der Waals surface area contributed by atoms with Crippen molar-refractivity contribution in [3.63, 3.8) is 0 Å². The maximum Gasteiger partial charge on any atom is 0.243 e. The lowest BCUT2D eigenvalue weighted by molar-refractivity contribution is 0.350. The Hall–Kier alpha value is -1.35. The minimum absolute atomic E-state index is 0.119. The van der Waals surface area contributed by atoms with Crippen LogP contribution < -0.4 is 0 Å². The van der Waals surface area contributed by atoms with Gasteiger partial charge in [0.1, 0.15) is 6.61 Å². The highest BCUT2D eigenvalue weighted by Crippen LogP contribution is 2.27. The summed E-state index contributed by atoms with van der Waals surface area (Å²) in [6, 6.07) is 6.64. The standard InChI is InChI=1S/C15H19NO3S/c1-2-14-6-3-11-16(14)20(18,19)15-9-7-13(8-10-15)5-4-12-17/h7-10,14,17H,2-3,6,11-12H2,1H3. The molecule has 0 amide bonds. The van der Waals surface area contributed by atoms with Crippen molar-refractivity contribution in [1.82, 2.24) is 4.31 Å². The van der Waals surface area contributed by atoms with Crippen LogP contribution in [0.25, 0.3) is 0 Å². The van der Waals surface area contributed by atoms with Crippen molar-refractivity contribution in [2.24, 2.45) is 0 Å². The molecule has 108 valence electrons. The molecule has 1 saturated heterocycles. The Morgan fingerprint density at radius 2 is 2.05 bits per heavy atom. The Kier molecular flexibility index (Phi) is 4.81. The summed E-state index contributed by atoms with van der Waals surface area (Å²) in [4.78, 5) is 0.312. The molecule has 1 aromatic rings. The van der Waals surface area contributed by atoms with E-state index in [9.17, 15) is 8.42 Å². The van der Waals surface area contributed by atoms with Gasteiger partial charge in [-0.3, -0.25) is 0 Å². The molecule has 0 radical (unpaired) electrons. The SMILES string of the molecule is CCC1CCCN1S(=O)(=O)c1ccc(C#CCO)cc1. The maximum absolute atomic E-state index is 12.6. The van der Waals surface area contributed by atoms with Crippen LogP contribution in [0.1, 0.15) is 31.7 Å². The maximum atomic E-state index is 12.6. The normalized spacial score (nSPS) is 19.6. The van der Waals surface area contributed by atoms with Crippen LogP contribution in [0.3, 0.4) is 0 Å². The fourth-order valence-corrected chi connectivity index (χ4v) is 4.29. The predicted molar refractivity (Wildman–Crippen MR) is 77.6 cm³/mol. The predicted octanol–water partition coefficient (Wildman–Crippen LogP) is 1.59. The first-order chi connectivity index (χ1) is 9.59. The molecule has 1 N–H and O–H groups in total. The molecule has 0 spiro atoms. The molecule has 4 nitrogen and oxygen atoms in total. The number of benzene rings is 1. The summed E-state index contributed by atoms with van der Waals surface area (Å²) in [5.41, 5.74) is 0.700. The van der Waals surface area contributed by atoms with Crippen LogP contribution in [0.5, 0.6) is 0 Å². The molecular formula is C15H19NO3S. The van der Waals surface area contributed by atoms with Crippen molar-refractivity contribution >= 4 is 10.0 Å². The summed E-state index contributed by atoms with van der Waals surface area (Å²) in [6.45, 7) is 2.42. The van der Waals surface area contributed by atoms with E-state index in [2.05, 4.69) is 11.8 Å². The Bertz CT molecular complexity index is 611. The lowest BCUT2D eigenvalue weighted by atomic mass is 10.2. The lowest BCUT2D eigenvalue weighted by Crippen LogP contribution is -2.35. The first kappa shape index (κ1) is 15.0. The van der Waals surface area contributed by atoms with Gasteiger partial charge < -0.3 is 5.11 Å². The molecule has 2 rings (SSSR count). The zero-order valence-electron chi connectivity index (χ0n) is 11.5. The van der Waals surface area contributed by atoms with E-state index in [0.29, 0.717) is 17.0 Å². The zero-order chi connectivity index (χ0) is 14.6. The van der Waals surface area contributed by atoms with Gasteiger partial charge in [-0.1, -0.05) is 18.8 Å². The minimum atomic E-state index is -3.40. The average Bonchev–Trinajstić information content (AvgIpc) is 2.95. The van der Waals surface area contributed by atoms with E-state index < -0.39 is 10.0 Å². The van der Waals surface area contributed by atoms with E-state index in [1.807, 2.05) is 6.92 Å². The van der Waals surface area contributed by atoms with Gasteiger partial charge in [0.05, 0.1) is 4.90 Å². The van der Waals surface area contributed by atoms with Gasteiger partial charge in [-0.05, 0) is 43.5 Å². The molecule has 1 heterocycles. The fourth-order valence-electron chi connectivity index (χ4n) is 2.52. The van der Waals surface area contributed by atoms with Gasteiger partial charge >= 0.3 is 0 Å². The molecule has 0 aromatic heterocycles. The van der Waals surface area contributed by atoms with Crippen molar-refractivity contribution in [2.45, 2.75) is 37.1 Å². The number of nitrogens with zero attached hydrogens (tertiary/aromatic N) is 1. The topological polar surface area (TPSA) is 57.6 Å². The third-order valence-electron chi connectivity index (χ3n) is 3.57.